The Balaban J connectivity index is 1.46. The third-order valence-electron chi connectivity index (χ3n) is 4.75. The van der Waals surface area contributed by atoms with Gasteiger partial charge >= 0.3 is 6.03 Å². The van der Waals surface area contributed by atoms with Crippen molar-refractivity contribution in [2.75, 3.05) is 0 Å². The van der Waals surface area contributed by atoms with E-state index >= 15 is 0 Å². The Labute approximate surface area is 187 Å². The van der Waals surface area contributed by atoms with Crippen LogP contribution in [0.1, 0.15) is 16.7 Å². The van der Waals surface area contributed by atoms with E-state index in [4.69, 9.17) is 4.74 Å². The lowest BCUT2D eigenvalue weighted by Gasteiger charge is -2.11. The molecule has 0 spiro atoms. The van der Waals surface area contributed by atoms with Crippen LogP contribution in [0.15, 0.2) is 83.0 Å². The van der Waals surface area contributed by atoms with Gasteiger partial charge in [-0.25, -0.2) is 9.18 Å². The van der Waals surface area contributed by atoms with E-state index in [1.807, 2.05) is 30.3 Å². The molecule has 4 rings (SSSR count). The maximum atomic E-state index is 13.8. The SMILES string of the molecule is O=C1N/C(=C/c2ccc(OCc3ccccc3F)c(Br)c2)C(=O)N1Cc1ccccc1. The van der Waals surface area contributed by atoms with Crippen molar-refractivity contribution in [1.29, 1.82) is 0 Å². The summed E-state index contributed by atoms with van der Waals surface area (Å²) >= 11 is 3.44. The lowest BCUT2D eigenvalue weighted by molar-refractivity contribution is -0.123. The summed E-state index contributed by atoms with van der Waals surface area (Å²) in [4.78, 5) is 26.1. The van der Waals surface area contributed by atoms with Crippen LogP contribution in [-0.4, -0.2) is 16.8 Å². The van der Waals surface area contributed by atoms with Crippen molar-refractivity contribution in [3.63, 3.8) is 0 Å². The van der Waals surface area contributed by atoms with E-state index in [0.29, 0.717) is 21.3 Å². The molecule has 1 N–H and O–H groups in total. The molecule has 1 heterocycles. The Morgan fingerprint density at radius 1 is 1.00 bits per heavy atom. The molecule has 0 aliphatic carbocycles. The number of hydrogen-bond acceptors (Lipinski definition) is 3. The summed E-state index contributed by atoms with van der Waals surface area (Å²) in [6.07, 6.45) is 1.61. The maximum absolute atomic E-state index is 13.8. The molecular formula is C24H18BrFN2O3. The molecule has 0 bridgehead atoms. The summed E-state index contributed by atoms with van der Waals surface area (Å²) in [5, 5.41) is 2.62. The van der Waals surface area contributed by atoms with Gasteiger partial charge in [0, 0.05) is 5.56 Å². The van der Waals surface area contributed by atoms with Crippen molar-refractivity contribution in [2.45, 2.75) is 13.2 Å². The first-order chi connectivity index (χ1) is 15.0. The second kappa shape index (κ2) is 9.14. The first-order valence-electron chi connectivity index (χ1n) is 9.55. The molecule has 1 aliphatic heterocycles. The molecule has 0 radical (unpaired) electrons. The van der Waals surface area contributed by atoms with Gasteiger partial charge in [-0.3, -0.25) is 9.69 Å². The Hall–Kier alpha value is -3.45. The molecule has 1 aliphatic rings. The molecule has 1 fully saturated rings. The van der Waals surface area contributed by atoms with Crippen molar-refractivity contribution < 1.29 is 18.7 Å². The number of carbonyl (C=O) groups excluding carboxylic acids is 2. The molecule has 0 unspecified atom stereocenters. The fourth-order valence-electron chi connectivity index (χ4n) is 3.14. The van der Waals surface area contributed by atoms with E-state index in [1.54, 1.807) is 42.5 Å². The monoisotopic (exact) mass is 480 g/mol. The Morgan fingerprint density at radius 3 is 2.48 bits per heavy atom. The molecule has 3 amide bonds. The summed E-state index contributed by atoms with van der Waals surface area (Å²) in [5.74, 6) is -0.168. The molecule has 5 nitrogen and oxygen atoms in total. The number of amides is 3. The average Bonchev–Trinajstić information content (AvgIpc) is 3.02. The molecular weight excluding hydrogens is 463 g/mol. The molecule has 3 aromatic carbocycles. The zero-order valence-corrected chi connectivity index (χ0v) is 17.9. The summed E-state index contributed by atoms with van der Waals surface area (Å²) in [6, 6.07) is 20.5. The zero-order chi connectivity index (χ0) is 21.8. The van der Waals surface area contributed by atoms with Gasteiger partial charge in [0.1, 0.15) is 23.9 Å². The summed E-state index contributed by atoms with van der Waals surface area (Å²) in [7, 11) is 0. The minimum atomic E-state index is -0.455. The lowest BCUT2D eigenvalue weighted by atomic mass is 10.1. The van der Waals surface area contributed by atoms with E-state index in [2.05, 4.69) is 21.2 Å². The third kappa shape index (κ3) is 4.83. The fourth-order valence-corrected chi connectivity index (χ4v) is 3.65. The van der Waals surface area contributed by atoms with Crippen LogP contribution >= 0.6 is 15.9 Å². The normalized spacial score (nSPS) is 14.8. The van der Waals surface area contributed by atoms with Gasteiger partial charge in [-0.1, -0.05) is 54.6 Å². The van der Waals surface area contributed by atoms with Crippen LogP contribution in [0.5, 0.6) is 5.75 Å². The molecule has 3 aromatic rings. The van der Waals surface area contributed by atoms with E-state index in [9.17, 15) is 14.0 Å². The van der Waals surface area contributed by atoms with Crippen LogP contribution in [0, 0.1) is 5.82 Å². The van der Waals surface area contributed by atoms with Crippen molar-refractivity contribution in [2.24, 2.45) is 0 Å². The largest absolute Gasteiger partial charge is 0.488 e. The van der Waals surface area contributed by atoms with Gasteiger partial charge in [0.15, 0.2) is 0 Å². The number of ether oxygens (including phenoxy) is 1. The number of benzene rings is 3. The van der Waals surface area contributed by atoms with Gasteiger partial charge in [-0.05, 0) is 51.3 Å². The molecule has 1 saturated heterocycles. The first-order valence-corrected chi connectivity index (χ1v) is 10.3. The highest BCUT2D eigenvalue weighted by Gasteiger charge is 2.33. The number of halogens is 2. The summed E-state index contributed by atoms with van der Waals surface area (Å²) < 4.78 is 20.1. The molecule has 156 valence electrons. The van der Waals surface area contributed by atoms with Crippen molar-refractivity contribution in [3.05, 3.63) is 105 Å². The highest BCUT2D eigenvalue weighted by Crippen LogP contribution is 2.28. The zero-order valence-electron chi connectivity index (χ0n) is 16.3. The van der Waals surface area contributed by atoms with Gasteiger partial charge in [0.05, 0.1) is 11.0 Å². The molecule has 31 heavy (non-hydrogen) atoms. The Kier molecular flexibility index (Phi) is 6.13. The third-order valence-corrected chi connectivity index (χ3v) is 5.37. The molecule has 0 aromatic heterocycles. The van der Waals surface area contributed by atoms with Crippen molar-refractivity contribution in [3.8, 4) is 5.75 Å². The van der Waals surface area contributed by atoms with Crippen molar-refractivity contribution in [1.82, 2.24) is 10.2 Å². The smallest absolute Gasteiger partial charge is 0.329 e. The number of rotatable bonds is 6. The second-order valence-electron chi connectivity index (χ2n) is 6.94. The minimum absolute atomic E-state index is 0.0920. The van der Waals surface area contributed by atoms with E-state index in [-0.39, 0.29) is 30.6 Å². The highest BCUT2D eigenvalue weighted by atomic mass is 79.9. The Bertz CT molecular complexity index is 1160. The molecule has 0 saturated carbocycles. The number of nitrogens with zero attached hydrogens (tertiary/aromatic N) is 1. The maximum Gasteiger partial charge on any atom is 0.329 e. The second-order valence-corrected chi connectivity index (χ2v) is 7.79. The number of imide groups is 1. The highest BCUT2D eigenvalue weighted by molar-refractivity contribution is 9.10. The summed E-state index contributed by atoms with van der Waals surface area (Å²) in [6.45, 7) is 0.296. The standard InChI is InChI=1S/C24H18BrFN2O3/c25-19-12-17(10-11-22(19)31-15-18-8-4-5-9-20(18)26)13-21-23(29)28(24(30)27-21)14-16-6-2-1-3-7-16/h1-13H,14-15H2,(H,27,30)/b21-13+. The number of urea groups is 1. The van der Waals surface area contributed by atoms with Crippen LogP contribution in [0.25, 0.3) is 6.08 Å². The van der Waals surface area contributed by atoms with Gasteiger partial charge < -0.3 is 10.1 Å². The molecule has 0 atom stereocenters. The van der Waals surface area contributed by atoms with Crippen LogP contribution in [0.2, 0.25) is 0 Å². The van der Waals surface area contributed by atoms with E-state index in [1.165, 1.54) is 11.0 Å². The van der Waals surface area contributed by atoms with E-state index < -0.39 is 6.03 Å². The van der Waals surface area contributed by atoms with Gasteiger partial charge in [0.25, 0.3) is 5.91 Å². The fraction of sp³-hybridized carbons (Fsp3) is 0.0833. The average molecular weight is 481 g/mol. The summed E-state index contributed by atoms with van der Waals surface area (Å²) in [5.41, 5.74) is 2.23. The van der Waals surface area contributed by atoms with Crippen LogP contribution in [0.4, 0.5) is 9.18 Å². The van der Waals surface area contributed by atoms with Gasteiger partial charge in [-0.2, -0.15) is 0 Å². The topological polar surface area (TPSA) is 58.6 Å². The van der Waals surface area contributed by atoms with Crippen LogP contribution in [0.3, 0.4) is 0 Å². The van der Waals surface area contributed by atoms with Gasteiger partial charge in [0.2, 0.25) is 0 Å². The van der Waals surface area contributed by atoms with Crippen molar-refractivity contribution >= 4 is 33.9 Å². The predicted molar refractivity (Wildman–Crippen MR) is 118 cm³/mol. The van der Waals surface area contributed by atoms with Crippen LogP contribution < -0.4 is 10.1 Å². The predicted octanol–water partition coefficient (Wildman–Crippen LogP) is 5.26. The lowest BCUT2D eigenvalue weighted by Crippen LogP contribution is -2.30. The molecule has 7 heteroatoms. The minimum Gasteiger partial charge on any atom is -0.488 e. The number of hydrogen-bond donors (Lipinski definition) is 1. The first kappa shape index (κ1) is 20.8. The van der Waals surface area contributed by atoms with Gasteiger partial charge in [-0.15, -0.1) is 0 Å². The quantitative estimate of drug-likeness (QED) is 0.386. The number of nitrogens with one attached hydrogen (secondary N) is 1. The number of carbonyl (C=O) groups is 2. The van der Waals surface area contributed by atoms with Crippen LogP contribution in [-0.2, 0) is 17.9 Å². The Morgan fingerprint density at radius 2 is 1.74 bits per heavy atom. The van der Waals surface area contributed by atoms with E-state index in [0.717, 1.165) is 5.56 Å².